The molecule has 1 aliphatic heterocycles. The van der Waals surface area contributed by atoms with Crippen LogP contribution in [0.3, 0.4) is 0 Å². The molecule has 3 N–H and O–H groups in total. The number of likely N-dealkylation sites (N-methyl/N-ethyl adjacent to an activating group) is 1. The molecule has 7 heteroatoms. The highest BCUT2D eigenvalue weighted by molar-refractivity contribution is 5.83. The molecule has 0 spiro atoms. The smallest absolute Gasteiger partial charge is 0.241 e. The first-order valence-corrected chi connectivity index (χ1v) is 7.19. The molecule has 1 aliphatic rings. The molecule has 22 heavy (non-hydrogen) atoms. The predicted octanol–water partition coefficient (Wildman–Crippen LogP) is 0.185. The fraction of sp³-hybridized carbons (Fsp3) is 0.467. The van der Waals surface area contributed by atoms with Crippen molar-refractivity contribution in [1.29, 1.82) is 0 Å². The second-order valence-corrected chi connectivity index (χ2v) is 5.50. The summed E-state index contributed by atoms with van der Waals surface area (Å²) in [6.45, 7) is 2.63. The Bertz CT molecular complexity index is 535. The topological polar surface area (TPSA) is 73.5 Å². The number of hydrogen-bond donors (Lipinski definition) is 3. The lowest BCUT2D eigenvalue weighted by Crippen LogP contribution is -2.40. The van der Waals surface area contributed by atoms with Crippen molar-refractivity contribution >= 4 is 11.8 Å². The fourth-order valence-corrected chi connectivity index (χ4v) is 2.52. The zero-order chi connectivity index (χ0) is 16.1. The number of halogens is 1. The van der Waals surface area contributed by atoms with Crippen molar-refractivity contribution in [3.05, 3.63) is 35.6 Å². The van der Waals surface area contributed by atoms with Crippen LogP contribution >= 0.6 is 0 Å². The van der Waals surface area contributed by atoms with Crippen LogP contribution in [0, 0.1) is 11.7 Å². The summed E-state index contributed by atoms with van der Waals surface area (Å²) in [6.07, 6.45) is 0. The largest absolute Gasteiger partial charge is 0.347 e. The molecule has 2 amide bonds. The number of amides is 2. The van der Waals surface area contributed by atoms with Gasteiger partial charge in [-0.25, -0.2) is 9.82 Å². The summed E-state index contributed by atoms with van der Waals surface area (Å²) in [5.41, 5.74) is 7.21. The van der Waals surface area contributed by atoms with Gasteiger partial charge >= 0.3 is 0 Å². The Morgan fingerprint density at radius 1 is 1.36 bits per heavy atom. The molecule has 6 nitrogen and oxygen atoms in total. The quantitative estimate of drug-likeness (QED) is 0.726. The molecule has 1 aromatic carbocycles. The molecule has 0 aliphatic carbocycles. The number of nitrogens with one attached hydrogen (secondary N) is 3. The third-order valence-electron chi connectivity index (χ3n) is 3.75. The van der Waals surface area contributed by atoms with Crippen LogP contribution in [-0.4, -0.2) is 43.4 Å². The maximum atomic E-state index is 13.0. The summed E-state index contributed by atoms with van der Waals surface area (Å²) < 4.78 is 13.0. The van der Waals surface area contributed by atoms with E-state index in [2.05, 4.69) is 16.2 Å². The van der Waals surface area contributed by atoms with E-state index in [1.807, 2.05) is 0 Å². The van der Waals surface area contributed by atoms with Gasteiger partial charge in [-0.15, -0.1) is 0 Å². The van der Waals surface area contributed by atoms with Gasteiger partial charge in [-0.1, -0.05) is 12.1 Å². The van der Waals surface area contributed by atoms with Crippen molar-refractivity contribution in [2.24, 2.45) is 5.92 Å². The minimum absolute atomic E-state index is 0.000620. The van der Waals surface area contributed by atoms with Gasteiger partial charge in [0.1, 0.15) is 5.82 Å². The maximum Gasteiger partial charge on any atom is 0.241 e. The second-order valence-electron chi connectivity index (χ2n) is 5.50. The lowest BCUT2D eigenvalue weighted by atomic mass is 9.94. The number of carbonyl (C=O) groups is 2. The highest BCUT2D eigenvalue weighted by atomic mass is 19.1. The van der Waals surface area contributed by atoms with E-state index in [1.165, 1.54) is 19.1 Å². The second kappa shape index (κ2) is 7.33. The summed E-state index contributed by atoms with van der Waals surface area (Å²) in [5, 5.41) is 2.50. The van der Waals surface area contributed by atoms with E-state index in [-0.39, 0.29) is 36.1 Å². The maximum absolute atomic E-state index is 13.0. The Morgan fingerprint density at radius 2 is 2.05 bits per heavy atom. The molecule has 0 bridgehead atoms. The Labute approximate surface area is 129 Å². The van der Waals surface area contributed by atoms with Gasteiger partial charge in [-0.3, -0.25) is 15.0 Å². The lowest BCUT2D eigenvalue weighted by molar-refractivity contribution is -0.131. The minimum Gasteiger partial charge on any atom is -0.347 e. The molecule has 1 heterocycles. The van der Waals surface area contributed by atoms with Gasteiger partial charge < -0.3 is 10.2 Å². The minimum atomic E-state index is -0.270. The zero-order valence-electron chi connectivity index (χ0n) is 12.7. The van der Waals surface area contributed by atoms with E-state index in [4.69, 9.17) is 0 Å². The van der Waals surface area contributed by atoms with E-state index in [1.54, 1.807) is 24.1 Å². The van der Waals surface area contributed by atoms with E-state index in [9.17, 15) is 14.0 Å². The molecule has 2 rings (SSSR count). The lowest BCUT2D eigenvalue weighted by Gasteiger charge is -2.25. The number of hydrazine groups is 1. The highest BCUT2D eigenvalue weighted by Gasteiger charge is 2.30. The average molecular weight is 308 g/mol. The van der Waals surface area contributed by atoms with Crippen molar-refractivity contribution in [1.82, 2.24) is 21.1 Å². The zero-order valence-corrected chi connectivity index (χ0v) is 12.7. The average Bonchev–Trinajstić information content (AvgIpc) is 2.93. The molecule has 0 aromatic heterocycles. The van der Waals surface area contributed by atoms with Gasteiger partial charge in [0.15, 0.2) is 0 Å². The van der Waals surface area contributed by atoms with Gasteiger partial charge in [-0.2, -0.15) is 0 Å². The molecule has 1 aromatic rings. The van der Waals surface area contributed by atoms with E-state index in [0.717, 1.165) is 5.56 Å². The summed E-state index contributed by atoms with van der Waals surface area (Å²) in [6, 6.07) is 6.35. The normalized spacial score (nSPS) is 20.7. The van der Waals surface area contributed by atoms with Crippen LogP contribution in [0.4, 0.5) is 4.39 Å². The summed E-state index contributed by atoms with van der Waals surface area (Å²) >= 11 is 0. The number of carbonyl (C=O) groups excluding carboxylic acids is 2. The molecule has 0 radical (unpaired) electrons. The molecule has 2 atom stereocenters. The van der Waals surface area contributed by atoms with Crippen molar-refractivity contribution < 1.29 is 14.0 Å². The van der Waals surface area contributed by atoms with Crippen LogP contribution < -0.4 is 16.2 Å². The first kappa shape index (κ1) is 16.4. The third kappa shape index (κ3) is 4.25. The number of nitrogens with zero attached hydrogens (tertiary/aromatic N) is 1. The molecule has 120 valence electrons. The number of rotatable bonds is 5. The first-order chi connectivity index (χ1) is 10.5. The molecular formula is C15H21FN4O2. The van der Waals surface area contributed by atoms with Crippen LogP contribution in [0.5, 0.6) is 0 Å². The van der Waals surface area contributed by atoms with Gasteiger partial charge in [-0.05, 0) is 17.7 Å². The molecule has 0 saturated carbocycles. The summed E-state index contributed by atoms with van der Waals surface area (Å²) in [4.78, 5) is 24.4. The van der Waals surface area contributed by atoms with Gasteiger partial charge in [0.05, 0.1) is 12.6 Å². The summed E-state index contributed by atoms with van der Waals surface area (Å²) in [5.74, 6) is -0.472. The number of benzene rings is 1. The SMILES string of the molecule is CC(=O)NCC(=O)N(C)CC1CNNC1c1ccc(F)cc1. The molecule has 2 unspecified atom stereocenters. The van der Waals surface area contributed by atoms with E-state index >= 15 is 0 Å². The third-order valence-corrected chi connectivity index (χ3v) is 3.75. The monoisotopic (exact) mass is 308 g/mol. The van der Waals surface area contributed by atoms with Gasteiger partial charge in [0.2, 0.25) is 11.8 Å². The number of hydrogen-bond acceptors (Lipinski definition) is 4. The fourth-order valence-electron chi connectivity index (χ4n) is 2.52. The Morgan fingerprint density at radius 3 is 2.68 bits per heavy atom. The Kier molecular flexibility index (Phi) is 5.46. The molecular weight excluding hydrogens is 287 g/mol. The van der Waals surface area contributed by atoms with Gasteiger partial charge in [0.25, 0.3) is 0 Å². The predicted molar refractivity (Wildman–Crippen MR) is 80.1 cm³/mol. The highest BCUT2D eigenvalue weighted by Crippen LogP contribution is 2.25. The molecule has 1 saturated heterocycles. The van der Waals surface area contributed by atoms with Gasteiger partial charge in [0, 0.05) is 33.0 Å². The van der Waals surface area contributed by atoms with Crippen LogP contribution in [0.25, 0.3) is 0 Å². The van der Waals surface area contributed by atoms with Crippen molar-refractivity contribution in [3.8, 4) is 0 Å². The Balaban J connectivity index is 1.94. The van der Waals surface area contributed by atoms with Crippen LogP contribution in [0.2, 0.25) is 0 Å². The van der Waals surface area contributed by atoms with Crippen LogP contribution in [0.15, 0.2) is 24.3 Å². The van der Waals surface area contributed by atoms with Crippen LogP contribution in [-0.2, 0) is 9.59 Å². The van der Waals surface area contributed by atoms with Crippen LogP contribution in [0.1, 0.15) is 18.5 Å². The first-order valence-electron chi connectivity index (χ1n) is 7.19. The standard InChI is InChI=1S/C15H21FN4O2/c1-10(21)17-8-14(22)20(2)9-12-7-18-19-15(12)11-3-5-13(16)6-4-11/h3-6,12,15,18-19H,7-9H2,1-2H3,(H,17,21). The molecule has 1 fully saturated rings. The van der Waals surface area contributed by atoms with E-state index < -0.39 is 0 Å². The van der Waals surface area contributed by atoms with Crippen molar-refractivity contribution in [2.75, 3.05) is 26.7 Å². The van der Waals surface area contributed by atoms with E-state index in [0.29, 0.717) is 13.1 Å². The van der Waals surface area contributed by atoms with Crippen molar-refractivity contribution in [3.63, 3.8) is 0 Å². The summed E-state index contributed by atoms with van der Waals surface area (Å²) in [7, 11) is 1.71. The van der Waals surface area contributed by atoms with Crippen molar-refractivity contribution in [2.45, 2.75) is 13.0 Å². The Hall–Kier alpha value is -1.99.